The summed E-state index contributed by atoms with van der Waals surface area (Å²) in [7, 11) is 1.31. The van der Waals surface area contributed by atoms with E-state index in [1.807, 2.05) is 6.92 Å². The molecule has 0 aliphatic carbocycles. The van der Waals surface area contributed by atoms with Gasteiger partial charge in [0, 0.05) is 36.4 Å². The summed E-state index contributed by atoms with van der Waals surface area (Å²) in [4.78, 5) is 14.8. The van der Waals surface area contributed by atoms with Crippen LogP contribution in [0.4, 0.5) is 0 Å². The van der Waals surface area contributed by atoms with Gasteiger partial charge in [-0.15, -0.1) is 0 Å². The standard InChI is InChI=1S/C8H12ClN3O3S/c1-2-10-7(13)3-4-12-5-8(11-6-12)16(9,14)15/h5-6H,2-4H2,1H3,(H,10,13). The first-order chi connectivity index (χ1) is 7.43. The van der Waals surface area contributed by atoms with Crippen LogP contribution in [-0.4, -0.2) is 30.4 Å². The summed E-state index contributed by atoms with van der Waals surface area (Å²) in [5.41, 5.74) is 0. The lowest BCUT2D eigenvalue weighted by atomic mass is 10.4. The highest BCUT2D eigenvalue weighted by molar-refractivity contribution is 8.13. The molecule has 1 aromatic heterocycles. The van der Waals surface area contributed by atoms with Gasteiger partial charge in [0.2, 0.25) is 5.91 Å². The highest BCUT2D eigenvalue weighted by Gasteiger charge is 2.13. The predicted octanol–water partition coefficient (Wildman–Crippen LogP) is 0.337. The Kier molecular flexibility index (Phi) is 4.31. The van der Waals surface area contributed by atoms with Gasteiger partial charge in [-0.1, -0.05) is 0 Å². The minimum Gasteiger partial charge on any atom is -0.356 e. The highest BCUT2D eigenvalue weighted by Crippen LogP contribution is 2.11. The monoisotopic (exact) mass is 265 g/mol. The molecule has 0 saturated carbocycles. The number of carbonyl (C=O) groups is 1. The maximum absolute atomic E-state index is 11.1. The lowest BCUT2D eigenvalue weighted by Gasteiger charge is -2.02. The largest absolute Gasteiger partial charge is 0.356 e. The Morgan fingerprint density at radius 1 is 1.62 bits per heavy atom. The predicted molar refractivity (Wildman–Crippen MR) is 58.6 cm³/mol. The molecule has 1 heterocycles. The van der Waals surface area contributed by atoms with Crippen LogP contribution in [0.15, 0.2) is 17.6 Å². The van der Waals surface area contributed by atoms with Gasteiger partial charge in [0.1, 0.15) is 0 Å². The average Bonchev–Trinajstić information content (AvgIpc) is 2.63. The zero-order valence-corrected chi connectivity index (χ0v) is 10.3. The van der Waals surface area contributed by atoms with Crippen LogP contribution >= 0.6 is 10.7 Å². The normalized spacial score (nSPS) is 11.4. The van der Waals surface area contributed by atoms with Crippen LogP contribution in [0.3, 0.4) is 0 Å². The van der Waals surface area contributed by atoms with Crippen molar-refractivity contribution in [3.63, 3.8) is 0 Å². The zero-order chi connectivity index (χ0) is 12.2. The van der Waals surface area contributed by atoms with Crippen molar-refractivity contribution in [2.24, 2.45) is 0 Å². The average molecular weight is 266 g/mol. The highest BCUT2D eigenvalue weighted by atomic mass is 35.7. The Hall–Kier alpha value is -1.08. The van der Waals surface area contributed by atoms with Crippen LogP contribution in [0.5, 0.6) is 0 Å². The number of nitrogens with zero attached hydrogens (tertiary/aromatic N) is 2. The number of amides is 1. The van der Waals surface area contributed by atoms with E-state index in [0.717, 1.165) is 0 Å². The van der Waals surface area contributed by atoms with Crippen LogP contribution in [-0.2, 0) is 20.4 Å². The van der Waals surface area contributed by atoms with E-state index in [2.05, 4.69) is 10.3 Å². The fourth-order valence-electron chi connectivity index (χ4n) is 1.10. The summed E-state index contributed by atoms with van der Waals surface area (Å²) >= 11 is 0. The van der Waals surface area contributed by atoms with Crippen LogP contribution in [0.25, 0.3) is 0 Å². The topological polar surface area (TPSA) is 81.1 Å². The molecule has 6 nitrogen and oxygen atoms in total. The first-order valence-corrected chi connectivity index (χ1v) is 6.97. The van der Waals surface area contributed by atoms with Crippen molar-refractivity contribution in [3.05, 3.63) is 12.5 Å². The lowest BCUT2D eigenvalue weighted by Crippen LogP contribution is -2.23. The molecule has 0 fully saturated rings. The molecule has 0 atom stereocenters. The molecule has 0 aliphatic rings. The van der Waals surface area contributed by atoms with Gasteiger partial charge in [-0.05, 0) is 6.92 Å². The second kappa shape index (κ2) is 5.31. The van der Waals surface area contributed by atoms with Crippen LogP contribution in [0.2, 0.25) is 0 Å². The molecule has 1 N–H and O–H groups in total. The van der Waals surface area contributed by atoms with E-state index in [1.165, 1.54) is 17.1 Å². The van der Waals surface area contributed by atoms with Crippen molar-refractivity contribution in [2.45, 2.75) is 24.9 Å². The van der Waals surface area contributed by atoms with E-state index in [-0.39, 0.29) is 17.4 Å². The van der Waals surface area contributed by atoms with Gasteiger partial charge < -0.3 is 9.88 Å². The number of carbonyl (C=O) groups excluding carboxylic acids is 1. The lowest BCUT2D eigenvalue weighted by molar-refractivity contribution is -0.121. The number of aromatic nitrogens is 2. The van der Waals surface area contributed by atoms with Gasteiger partial charge >= 0.3 is 0 Å². The maximum Gasteiger partial charge on any atom is 0.280 e. The van der Waals surface area contributed by atoms with Crippen LogP contribution in [0, 0.1) is 0 Å². The Morgan fingerprint density at radius 2 is 2.31 bits per heavy atom. The van der Waals surface area contributed by atoms with E-state index in [1.54, 1.807) is 0 Å². The second-order valence-corrected chi connectivity index (χ2v) is 5.60. The number of rotatable bonds is 5. The molecule has 0 bridgehead atoms. The third-order valence-electron chi connectivity index (χ3n) is 1.83. The molecule has 0 aliphatic heterocycles. The third-order valence-corrected chi connectivity index (χ3v) is 3.02. The Bertz CT molecular complexity index is 469. The smallest absolute Gasteiger partial charge is 0.280 e. The number of aryl methyl sites for hydroxylation is 1. The molecule has 1 aromatic rings. The number of hydrogen-bond donors (Lipinski definition) is 1. The first-order valence-electron chi connectivity index (χ1n) is 4.66. The summed E-state index contributed by atoms with van der Waals surface area (Å²) in [6, 6.07) is 0. The molecule has 0 spiro atoms. The number of halogens is 1. The van der Waals surface area contributed by atoms with E-state index in [9.17, 15) is 13.2 Å². The van der Waals surface area contributed by atoms with Crippen LogP contribution in [0.1, 0.15) is 13.3 Å². The molecule has 0 radical (unpaired) electrons. The molecule has 0 aromatic carbocycles. The van der Waals surface area contributed by atoms with E-state index in [0.29, 0.717) is 13.1 Å². The Labute approximate surface area is 98.0 Å². The summed E-state index contributed by atoms with van der Waals surface area (Å²) < 4.78 is 23.3. The quantitative estimate of drug-likeness (QED) is 0.779. The van der Waals surface area contributed by atoms with Gasteiger partial charge in [0.05, 0.1) is 6.33 Å². The van der Waals surface area contributed by atoms with Crippen LogP contribution < -0.4 is 5.32 Å². The number of imidazole rings is 1. The fourth-order valence-corrected chi connectivity index (χ4v) is 1.78. The van der Waals surface area contributed by atoms with Gasteiger partial charge in [-0.3, -0.25) is 4.79 Å². The minimum absolute atomic E-state index is 0.0912. The first kappa shape index (κ1) is 13.0. The number of nitrogens with one attached hydrogen (secondary N) is 1. The molecule has 0 unspecified atom stereocenters. The van der Waals surface area contributed by atoms with Crippen molar-refractivity contribution in [2.75, 3.05) is 6.54 Å². The van der Waals surface area contributed by atoms with E-state index < -0.39 is 9.05 Å². The van der Waals surface area contributed by atoms with Gasteiger partial charge in [0.15, 0.2) is 5.03 Å². The van der Waals surface area contributed by atoms with Crippen molar-refractivity contribution < 1.29 is 13.2 Å². The molecular formula is C8H12ClN3O3S. The van der Waals surface area contributed by atoms with Gasteiger partial charge in [-0.2, -0.15) is 0 Å². The van der Waals surface area contributed by atoms with Crippen molar-refractivity contribution in [1.29, 1.82) is 0 Å². The van der Waals surface area contributed by atoms with Crippen molar-refractivity contribution in [3.8, 4) is 0 Å². The van der Waals surface area contributed by atoms with Crippen molar-refractivity contribution >= 4 is 25.6 Å². The molecule has 16 heavy (non-hydrogen) atoms. The summed E-state index contributed by atoms with van der Waals surface area (Å²) in [6.45, 7) is 2.77. The van der Waals surface area contributed by atoms with Gasteiger partial charge in [0.25, 0.3) is 9.05 Å². The SMILES string of the molecule is CCNC(=O)CCn1cnc(S(=O)(=O)Cl)c1. The molecule has 0 saturated heterocycles. The van der Waals surface area contributed by atoms with E-state index in [4.69, 9.17) is 10.7 Å². The minimum atomic E-state index is -3.79. The summed E-state index contributed by atoms with van der Waals surface area (Å²) in [5, 5.41) is 2.43. The molecule has 1 amide bonds. The van der Waals surface area contributed by atoms with Gasteiger partial charge in [-0.25, -0.2) is 13.4 Å². The molecule has 1 rings (SSSR count). The molecular weight excluding hydrogens is 254 g/mol. The Morgan fingerprint density at radius 3 is 2.81 bits per heavy atom. The maximum atomic E-state index is 11.1. The number of hydrogen-bond acceptors (Lipinski definition) is 4. The van der Waals surface area contributed by atoms with E-state index >= 15 is 0 Å². The zero-order valence-electron chi connectivity index (χ0n) is 8.68. The van der Waals surface area contributed by atoms with Crippen molar-refractivity contribution in [1.82, 2.24) is 14.9 Å². The fraction of sp³-hybridized carbons (Fsp3) is 0.500. The molecule has 8 heteroatoms. The second-order valence-electron chi connectivity index (χ2n) is 3.09. The third kappa shape index (κ3) is 3.82. The summed E-state index contributed by atoms with van der Waals surface area (Å²) in [6.07, 6.45) is 2.89. The summed E-state index contributed by atoms with van der Waals surface area (Å²) in [5.74, 6) is -0.0912. The molecule has 90 valence electrons. The Balaban J connectivity index is 2.57.